The third-order valence-corrected chi connectivity index (χ3v) is 3.99. The van der Waals surface area contributed by atoms with Gasteiger partial charge in [0.05, 0.1) is 14.2 Å². The molecule has 2 aromatic carbocycles. The molecule has 0 unspecified atom stereocenters. The summed E-state index contributed by atoms with van der Waals surface area (Å²) < 4.78 is 10.5. The molecule has 1 amide bonds. The average molecular weight is 327 g/mol. The van der Waals surface area contributed by atoms with Crippen LogP contribution in [0.3, 0.4) is 0 Å². The van der Waals surface area contributed by atoms with Gasteiger partial charge in [0.25, 0.3) is 0 Å². The fraction of sp³-hybridized carbons (Fsp3) is 0.350. The lowest BCUT2D eigenvalue weighted by Gasteiger charge is -2.17. The number of carbonyl (C=O) groups is 1. The highest BCUT2D eigenvalue weighted by atomic mass is 16.5. The van der Waals surface area contributed by atoms with Crippen molar-refractivity contribution in [2.24, 2.45) is 0 Å². The van der Waals surface area contributed by atoms with Crippen molar-refractivity contribution in [3.05, 3.63) is 59.7 Å². The molecule has 0 saturated carbocycles. The van der Waals surface area contributed by atoms with Crippen LogP contribution in [0.15, 0.2) is 48.5 Å². The summed E-state index contributed by atoms with van der Waals surface area (Å²) in [4.78, 5) is 14.0. The molecule has 0 aliphatic rings. The molecule has 24 heavy (non-hydrogen) atoms. The molecule has 0 aliphatic carbocycles. The van der Waals surface area contributed by atoms with Gasteiger partial charge in [0.2, 0.25) is 5.91 Å². The van der Waals surface area contributed by atoms with Crippen LogP contribution in [-0.2, 0) is 17.8 Å². The Bertz CT molecular complexity index is 655. The van der Waals surface area contributed by atoms with E-state index in [4.69, 9.17) is 9.47 Å². The second kappa shape index (κ2) is 8.96. The molecule has 0 atom stereocenters. The first-order chi connectivity index (χ1) is 11.6. The number of amides is 1. The minimum atomic E-state index is 0.166. The zero-order chi connectivity index (χ0) is 17.4. The van der Waals surface area contributed by atoms with Crippen LogP contribution < -0.4 is 9.47 Å². The first-order valence-electron chi connectivity index (χ1n) is 8.13. The molecule has 2 aromatic rings. The van der Waals surface area contributed by atoms with E-state index >= 15 is 0 Å². The molecule has 0 aromatic heterocycles. The van der Waals surface area contributed by atoms with Gasteiger partial charge in [-0.2, -0.15) is 0 Å². The summed E-state index contributed by atoms with van der Waals surface area (Å²) >= 11 is 0. The van der Waals surface area contributed by atoms with Gasteiger partial charge in [0.15, 0.2) is 11.5 Å². The maximum atomic E-state index is 12.2. The van der Waals surface area contributed by atoms with Gasteiger partial charge in [0.1, 0.15) is 0 Å². The van der Waals surface area contributed by atoms with Gasteiger partial charge >= 0.3 is 0 Å². The quantitative estimate of drug-likeness (QED) is 0.742. The van der Waals surface area contributed by atoms with Crippen molar-refractivity contribution in [2.75, 3.05) is 21.3 Å². The number of ether oxygens (including phenoxy) is 2. The largest absolute Gasteiger partial charge is 0.493 e. The van der Waals surface area contributed by atoms with Crippen LogP contribution in [-0.4, -0.2) is 32.1 Å². The van der Waals surface area contributed by atoms with Gasteiger partial charge in [-0.25, -0.2) is 0 Å². The van der Waals surface area contributed by atoms with Gasteiger partial charge in [-0.15, -0.1) is 0 Å². The van der Waals surface area contributed by atoms with Crippen LogP contribution in [0.2, 0.25) is 0 Å². The van der Waals surface area contributed by atoms with Crippen LogP contribution in [0.4, 0.5) is 0 Å². The highest BCUT2D eigenvalue weighted by Crippen LogP contribution is 2.28. The average Bonchev–Trinajstić information content (AvgIpc) is 2.62. The van der Waals surface area contributed by atoms with Crippen molar-refractivity contribution in [2.45, 2.75) is 25.8 Å². The standard InChI is InChI=1S/C20H25NO3/c1-21(15-17-8-5-4-6-9-17)20(22)11-7-10-16-12-13-18(23-2)19(14-16)24-3/h4-6,8-9,12-14H,7,10-11,15H2,1-3H3. The SMILES string of the molecule is COc1ccc(CCCC(=O)N(C)Cc2ccccc2)cc1OC. The third-order valence-electron chi connectivity index (χ3n) is 3.99. The Morgan fingerprint density at radius 2 is 1.67 bits per heavy atom. The zero-order valence-electron chi connectivity index (χ0n) is 14.6. The van der Waals surface area contributed by atoms with Crippen molar-refractivity contribution >= 4 is 5.91 Å². The van der Waals surface area contributed by atoms with E-state index in [1.165, 1.54) is 0 Å². The second-order valence-electron chi connectivity index (χ2n) is 5.78. The number of aryl methyl sites for hydroxylation is 1. The van der Waals surface area contributed by atoms with Crippen molar-refractivity contribution in [1.29, 1.82) is 0 Å². The predicted octanol–water partition coefficient (Wildman–Crippen LogP) is 3.69. The summed E-state index contributed by atoms with van der Waals surface area (Å²) in [5.74, 6) is 1.61. The highest BCUT2D eigenvalue weighted by molar-refractivity contribution is 5.75. The molecule has 0 aliphatic heterocycles. The summed E-state index contributed by atoms with van der Waals surface area (Å²) in [6.07, 6.45) is 2.19. The molecule has 0 radical (unpaired) electrons. The number of methoxy groups -OCH3 is 2. The number of rotatable bonds is 8. The summed E-state index contributed by atoms with van der Waals surface area (Å²) in [7, 11) is 5.11. The van der Waals surface area contributed by atoms with Crippen molar-refractivity contribution in [3.63, 3.8) is 0 Å². The monoisotopic (exact) mass is 327 g/mol. The smallest absolute Gasteiger partial charge is 0.222 e. The van der Waals surface area contributed by atoms with Crippen LogP contribution >= 0.6 is 0 Å². The number of hydrogen-bond acceptors (Lipinski definition) is 3. The number of nitrogens with zero attached hydrogens (tertiary/aromatic N) is 1. The van der Waals surface area contributed by atoms with E-state index in [0.29, 0.717) is 13.0 Å². The molecule has 2 rings (SSSR count). The van der Waals surface area contributed by atoms with Crippen molar-refractivity contribution in [1.82, 2.24) is 4.90 Å². The van der Waals surface area contributed by atoms with E-state index in [1.54, 1.807) is 19.1 Å². The minimum Gasteiger partial charge on any atom is -0.493 e. The van der Waals surface area contributed by atoms with Gasteiger partial charge in [-0.05, 0) is 36.1 Å². The lowest BCUT2D eigenvalue weighted by atomic mass is 10.1. The molecule has 0 spiro atoms. The third kappa shape index (κ3) is 5.01. The molecular formula is C20H25NO3. The second-order valence-corrected chi connectivity index (χ2v) is 5.78. The molecule has 0 fully saturated rings. The van der Waals surface area contributed by atoms with E-state index in [1.807, 2.05) is 55.6 Å². The van der Waals surface area contributed by atoms with Crippen LogP contribution in [0.25, 0.3) is 0 Å². The summed E-state index contributed by atoms with van der Waals surface area (Å²) in [5, 5.41) is 0. The maximum Gasteiger partial charge on any atom is 0.222 e. The van der Waals surface area contributed by atoms with E-state index in [0.717, 1.165) is 35.5 Å². The Labute approximate surface area is 144 Å². The predicted molar refractivity (Wildman–Crippen MR) is 95.4 cm³/mol. The molecule has 128 valence electrons. The Balaban J connectivity index is 1.82. The van der Waals surface area contributed by atoms with Crippen LogP contribution in [0.5, 0.6) is 11.5 Å². The van der Waals surface area contributed by atoms with Gasteiger partial charge in [-0.1, -0.05) is 36.4 Å². The first kappa shape index (κ1) is 17.9. The summed E-state index contributed by atoms with van der Waals surface area (Å²) in [6, 6.07) is 15.9. The van der Waals surface area contributed by atoms with Crippen molar-refractivity contribution in [3.8, 4) is 11.5 Å². The molecule has 0 heterocycles. The van der Waals surface area contributed by atoms with E-state index in [-0.39, 0.29) is 5.91 Å². The Morgan fingerprint density at radius 3 is 2.33 bits per heavy atom. The Hall–Kier alpha value is -2.49. The summed E-state index contributed by atoms with van der Waals surface area (Å²) in [5.41, 5.74) is 2.29. The van der Waals surface area contributed by atoms with Gasteiger partial charge < -0.3 is 14.4 Å². The molecule has 4 nitrogen and oxygen atoms in total. The Kier molecular flexibility index (Phi) is 6.67. The lowest BCUT2D eigenvalue weighted by Crippen LogP contribution is -2.25. The first-order valence-corrected chi connectivity index (χ1v) is 8.13. The van der Waals surface area contributed by atoms with E-state index in [9.17, 15) is 4.79 Å². The molecule has 0 bridgehead atoms. The van der Waals surface area contributed by atoms with Gasteiger partial charge in [-0.3, -0.25) is 4.79 Å². The van der Waals surface area contributed by atoms with Gasteiger partial charge in [0, 0.05) is 20.0 Å². The molecule has 0 N–H and O–H groups in total. The van der Waals surface area contributed by atoms with Crippen LogP contribution in [0.1, 0.15) is 24.0 Å². The number of benzene rings is 2. The lowest BCUT2D eigenvalue weighted by molar-refractivity contribution is -0.130. The topological polar surface area (TPSA) is 38.8 Å². The maximum absolute atomic E-state index is 12.2. The molecular weight excluding hydrogens is 302 g/mol. The molecule has 0 saturated heterocycles. The number of carbonyl (C=O) groups excluding carboxylic acids is 1. The summed E-state index contributed by atoms with van der Waals surface area (Å²) in [6.45, 7) is 0.649. The fourth-order valence-corrected chi connectivity index (χ4v) is 2.62. The van der Waals surface area contributed by atoms with Crippen molar-refractivity contribution < 1.29 is 14.3 Å². The van der Waals surface area contributed by atoms with Crippen LogP contribution in [0, 0.1) is 0 Å². The molecule has 4 heteroatoms. The fourth-order valence-electron chi connectivity index (χ4n) is 2.62. The zero-order valence-corrected chi connectivity index (χ0v) is 14.6. The normalized spacial score (nSPS) is 10.3. The number of hydrogen-bond donors (Lipinski definition) is 0. The minimum absolute atomic E-state index is 0.166. The van der Waals surface area contributed by atoms with E-state index in [2.05, 4.69) is 0 Å². The van der Waals surface area contributed by atoms with E-state index < -0.39 is 0 Å². The highest BCUT2D eigenvalue weighted by Gasteiger charge is 2.10. The Morgan fingerprint density at radius 1 is 0.958 bits per heavy atom.